The Morgan fingerprint density at radius 2 is 2.29 bits per heavy atom. The average Bonchev–Trinajstić information content (AvgIpc) is 2.39. The van der Waals surface area contributed by atoms with Crippen molar-refractivity contribution in [1.29, 1.82) is 0 Å². The van der Waals surface area contributed by atoms with E-state index in [-0.39, 0.29) is 11.0 Å². The number of Topliss-reactive ketones (excluding diaryl/α,β-unsaturated/α-hetero) is 1. The molecule has 0 bridgehead atoms. The molecule has 1 aliphatic rings. The van der Waals surface area contributed by atoms with Crippen LogP contribution in [-0.2, 0) is 0 Å². The van der Waals surface area contributed by atoms with Crippen LogP contribution in [0.5, 0.6) is 5.75 Å². The molecule has 1 unspecified atom stereocenters. The Hall–Kier alpha value is -0.680. The first-order chi connectivity index (χ1) is 8.22. The van der Waals surface area contributed by atoms with Gasteiger partial charge in [-0.05, 0) is 18.2 Å². The van der Waals surface area contributed by atoms with Gasteiger partial charge in [0.15, 0.2) is 5.78 Å². The Morgan fingerprint density at radius 3 is 2.94 bits per heavy atom. The highest BCUT2D eigenvalue weighted by molar-refractivity contribution is 8.07. The monoisotopic (exact) mass is 272 g/mol. The van der Waals surface area contributed by atoms with E-state index in [2.05, 4.69) is 0 Å². The largest absolute Gasteiger partial charge is 0.496 e. The zero-order chi connectivity index (χ0) is 12.3. The first-order valence-electron chi connectivity index (χ1n) is 5.29. The van der Waals surface area contributed by atoms with Gasteiger partial charge in [0.1, 0.15) is 11.6 Å². The van der Waals surface area contributed by atoms with Crippen LogP contribution >= 0.6 is 23.5 Å². The molecule has 2 rings (SSSR count). The summed E-state index contributed by atoms with van der Waals surface area (Å²) in [5, 5.41) is -0.0792. The first-order valence-corrected chi connectivity index (χ1v) is 7.50. The average molecular weight is 272 g/mol. The molecule has 2 nitrogen and oxygen atoms in total. The number of rotatable bonds is 3. The third kappa shape index (κ3) is 2.96. The highest BCUT2D eigenvalue weighted by Gasteiger charge is 2.26. The van der Waals surface area contributed by atoms with E-state index >= 15 is 0 Å². The van der Waals surface area contributed by atoms with Gasteiger partial charge in [0, 0.05) is 17.3 Å². The van der Waals surface area contributed by atoms with Gasteiger partial charge in [-0.25, -0.2) is 4.39 Å². The molecule has 0 saturated carbocycles. The van der Waals surface area contributed by atoms with E-state index < -0.39 is 5.82 Å². The Morgan fingerprint density at radius 1 is 1.47 bits per heavy atom. The molecule has 0 amide bonds. The molecular weight excluding hydrogens is 259 g/mol. The zero-order valence-electron chi connectivity index (χ0n) is 9.44. The van der Waals surface area contributed by atoms with Crippen LogP contribution in [-0.4, -0.2) is 35.4 Å². The van der Waals surface area contributed by atoms with Crippen LogP contribution in [0.25, 0.3) is 0 Å². The minimum Gasteiger partial charge on any atom is -0.496 e. The maximum Gasteiger partial charge on any atom is 0.180 e. The Bertz CT molecular complexity index is 417. The number of carbonyl (C=O) groups is 1. The minimum absolute atomic E-state index is 0.0291. The summed E-state index contributed by atoms with van der Waals surface area (Å²) in [6.07, 6.45) is 0. The van der Waals surface area contributed by atoms with Crippen molar-refractivity contribution in [3.05, 3.63) is 29.6 Å². The molecule has 0 radical (unpaired) electrons. The van der Waals surface area contributed by atoms with Crippen LogP contribution in [0, 0.1) is 5.82 Å². The number of hydrogen-bond acceptors (Lipinski definition) is 4. The normalized spacial score (nSPS) is 20.0. The summed E-state index contributed by atoms with van der Waals surface area (Å²) in [7, 11) is 1.49. The van der Waals surface area contributed by atoms with Gasteiger partial charge in [0.05, 0.1) is 17.9 Å². The van der Waals surface area contributed by atoms with Gasteiger partial charge in [-0.1, -0.05) is 0 Å². The molecule has 1 saturated heterocycles. The molecule has 1 aromatic carbocycles. The van der Waals surface area contributed by atoms with Crippen LogP contribution in [0.3, 0.4) is 0 Å². The lowest BCUT2D eigenvalue weighted by Crippen LogP contribution is -2.24. The van der Waals surface area contributed by atoms with Crippen LogP contribution < -0.4 is 4.74 Å². The molecule has 1 heterocycles. The van der Waals surface area contributed by atoms with Crippen molar-refractivity contribution in [2.75, 3.05) is 24.4 Å². The summed E-state index contributed by atoms with van der Waals surface area (Å²) < 4.78 is 18.3. The van der Waals surface area contributed by atoms with E-state index in [1.807, 2.05) is 0 Å². The van der Waals surface area contributed by atoms with Crippen LogP contribution in [0.4, 0.5) is 4.39 Å². The third-order valence-corrected chi connectivity index (χ3v) is 5.29. The van der Waals surface area contributed by atoms with Crippen molar-refractivity contribution in [3.63, 3.8) is 0 Å². The Kier molecular flexibility index (Phi) is 4.34. The fraction of sp³-hybridized carbons (Fsp3) is 0.417. The summed E-state index contributed by atoms with van der Waals surface area (Å²) >= 11 is 3.41. The lowest BCUT2D eigenvalue weighted by molar-refractivity contribution is 0.0991. The number of benzene rings is 1. The third-order valence-electron chi connectivity index (χ3n) is 2.54. The standard InChI is InChI=1S/C12H13FO2S2/c1-15-10-3-2-8(13)6-9(10)12(14)11-7-16-4-5-17-11/h2-3,6,11H,4-5,7H2,1H3. The van der Waals surface area contributed by atoms with Crippen molar-refractivity contribution < 1.29 is 13.9 Å². The van der Waals surface area contributed by atoms with E-state index in [0.29, 0.717) is 11.3 Å². The highest BCUT2D eigenvalue weighted by Crippen LogP contribution is 2.30. The summed E-state index contributed by atoms with van der Waals surface area (Å²) in [6.45, 7) is 0. The number of methoxy groups -OCH3 is 1. The van der Waals surface area contributed by atoms with E-state index in [1.165, 1.54) is 25.3 Å². The first kappa shape index (κ1) is 12.8. The molecule has 0 spiro atoms. The fourth-order valence-electron chi connectivity index (χ4n) is 1.69. The molecule has 1 aromatic rings. The molecule has 0 N–H and O–H groups in total. The number of ketones is 1. The van der Waals surface area contributed by atoms with Gasteiger partial charge < -0.3 is 4.74 Å². The molecule has 5 heteroatoms. The molecule has 1 atom stereocenters. The molecule has 17 heavy (non-hydrogen) atoms. The van der Waals surface area contributed by atoms with E-state index in [1.54, 1.807) is 23.5 Å². The molecule has 92 valence electrons. The van der Waals surface area contributed by atoms with E-state index in [9.17, 15) is 9.18 Å². The van der Waals surface area contributed by atoms with Crippen molar-refractivity contribution in [2.45, 2.75) is 5.25 Å². The van der Waals surface area contributed by atoms with Gasteiger partial charge >= 0.3 is 0 Å². The Balaban J connectivity index is 2.25. The number of halogens is 1. The second-order valence-electron chi connectivity index (χ2n) is 3.64. The topological polar surface area (TPSA) is 26.3 Å². The predicted octanol–water partition coefficient (Wildman–Crippen LogP) is 2.87. The smallest absolute Gasteiger partial charge is 0.180 e. The molecule has 1 aliphatic heterocycles. The number of hydrogen-bond donors (Lipinski definition) is 0. The van der Waals surface area contributed by atoms with Crippen molar-refractivity contribution in [3.8, 4) is 5.75 Å². The quantitative estimate of drug-likeness (QED) is 0.790. The van der Waals surface area contributed by atoms with E-state index in [0.717, 1.165) is 17.3 Å². The maximum absolute atomic E-state index is 13.2. The predicted molar refractivity (Wildman–Crippen MR) is 70.9 cm³/mol. The lowest BCUT2D eigenvalue weighted by Gasteiger charge is -2.20. The summed E-state index contributed by atoms with van der Waals surface area (Å²) in [5.41, 5.74) is 0.354. The number of ether oxygens (including phenoxy) is 1. The second-order valence-corrected chi connectivity index (χ2v) is 6.10. The molecule has 0 aromatic heterocycles. The fourth-order valence-corrected chi connectivity index (χ4v) is 4.31. The maximum atomic E-state index is 13.2. The van der Waals surface area contributed by atoms with Crippen molar-refractivity contribution in [1.82, 2.24) is 0 Å². The second kappa shape index (κ2) is 5.78. The van der Waals surface area contributed by atoms with Gasteiger partial charge in [0.2, 0.25) is 0 Å². The van der Waals surface area contributed by atoms with Gasteiger partial charge in [-0.15, -0.1) is 11.8 Å². The van der Waals surface area contributed by atoms with Crippen molar-refractivity contribution >= 4 is 29.3 Å². The van der Waals surface area contributed by atoms with Crippen LogP contribution in [0.15, 0.2) is 18.2 Å². The number of thioether (sulfide) groups is 2. The van der Waals surface area contributed by atoms with Gasteiger partial charge in [0.25, 0.3) is 0 Å². The van der Waals surface area contributed by atoms with Crippen LogP contribution in [0.2, 0.25) is 0 Å². The lowest BCUT2D eigenvalue weighted by atomic mass is 10.1. The molecular formula is C12H13FO2S2. The van der Waals surface area contributed by atoms with Crippen LogP contribution in [0.1, 0.15) is 10.4 Å². The molecule has 0 aliphatic carbocycles. The Labute approximate surface area is 108 Å². The highest BCUT2D eigenvalue weighted by atomic mass is 32.2. The SMILES string of the molecule is COc1ccc(F)cc1C(=O)C1CSCCS1. The zero-order valence-corrected chi connectivity index (χ0v) is 11.1. The molecule has 1 fully saturated rings. The van der Waals surface area contributed by atoms with E-state index in [4.69, 9.17) is 4.74 Å². The summed E-state index contributed by atoms with van der Waals surface area (Å²) in [5.74, 6) is 2.87. The minimum atomic E-state index is -0.400. The van der Waals surface area contributed by atoms with Crippen molar-refractivity contribution in [2.24, 2.45) is 0 Å². The van der Waals surface area contributed by atoms with Gasteiger partial charge in [-0.3, -0.25) is 4.79 Å². The summed E-state index contributed by atoms with van der Waals surface area (Å²) in [4.78, 5) is 12.3. The summed E-state index contributed by atoms with van der Waals surface area (Å²) in [6, 6.07) is 4.07. The number of carbonyl (C=O) groups excluding carboxylic acids is 1. The van der Waals surface area contributed by atoms with Gasteiger partial charge in [-0.2, -0.15) is 11.8 Å².